The number of aliphatic hydroxyl groups is 1. The van der Waals surface area contributed by atoms with Gasteiger partial charge in [-0.2, -0.15) is 0 Å². The van der Waals surface area contributed by atoms with Crippen molar-refractivity contribution < 1.29 is 9.90 Å². The molecule has 1 fully saturated rings. The highest BCUT2D eigenvalue weighted by Crippen LogP contribution is 2.21. The Balaban J connectivity index is 1.65. The number of piperidine rings is 1. The molecule has 1 aliphatic rings. The van der Waals surface area contributed by atoms with Gasteiger partial charge in [0.05, 0.1) is 11.2 Å². The van der Waals surface area contributed by atoms with E-state index in [4.69, 9.17) is 0 Å². The van der Waals surface area contributed by atoms with Crippen LogP contribution in [0.15, 0.2) is 35.8 Å². The second-order valence-electron chi connectivity index (χ2n) is 6.30. The molecular weight excluding hydrogens is 322 g/mol. The van der Waals surface area contributed by atoms with Gasteiger partial charge in [0.2, 0.25) is 0 Å². The first-order chi connectivity index (χ1) is 11.7. The molecule has 0 bridgehead atoms. The number of carbonyl (C=O) groups excluding carboxylic acids is 1. The SMILES string of the molecule is Cc1ncsc1C(=O)N[C@H]1CN(Cc2ccccc2)CC[C@H]1CO. The highest BCUT2D eigenvalue weighted by Gasteiger charge is 2.30. The molecule has 0 unspecified atom stereocenters. The van der Waals surface area contributed by atoms with Crippen LogP contribution in [0.2, 0.25) is 0 Å². The largest absolute Gasteiger partial charge is 0.396 e. The highest BCUT2D eigenvalue weighted by atomic mass is 32.1. The van der Waals surface area contributed by atoms with E-state index in [9.17, 15) is 9.90 Å². The molecule has 6 heteroatoms. The molecule has 0 aliphatic carbocycles. The van der Waals surface area contributed by atoms with Crippen molar-refractivity contribution in [2.45, 2.75) is 25.9 Å². The fourth-order valence-corrected chi connectivity index (χ4v) is 3.89. The van der Waals surface area contributed by atoms with Gasteiger partial charge >= 0.3 is 0 Å². The lowest BCUT2D eigenvalue weighted by atomic mass is 9.92. The van der Waals surface area contributed by atoms with Crippen LogP contribution in [0.25, 0.3) is 0 Å². The second-order valence-corrected chi connectivity index (χ2v) is 7.15. The van der Waals surface area contributed by atoms with Gasteiger partial charge in [0.1, 0.15) is 4.88 Å². The first-order valence-electron chi connectivity index (χ1n) is 8.25. The van der Waals surface area contributed by atoms with Gasteiger partial charge in [-0.15, -0.1) is 11.3 Å². The summed E-state index contributed by atoms with van der Waals surface area (Å²) in [6.07, 6.45) is 0.885. The van der Waals surface area contributed by atoms with Gasteiger partial charge in [0.15, 0.2) is 0 Å². The lowest BCUT2D eigenvalue weighted by Gasteiger charge is -2.38. The topological polar surface area (TPSA) is 65.5 Å². The van der Waals surface area contributed by atoms with Crippen LogP contribution >= 0.6 is 11.3 Å². The lowest BCUT2D eigenvalue weighted by Crippen LogP contribution is -2.53. The first-order valence-corrected chi connectivity index (χ1v) is 9.13. The molecule has 2 N–H and O–H groups in total. The summed E-state index contributed by atoms with van der Waals surface area (Å²) in [7, 11) is 0. The van der Waals surface area contributed by atoms with E-state index in [-0.39, 0.29) is 24.5 Å². The summed E-state index contributed by atoms with van der Waals surface area (Å²) < 4.78 is 0. The minimum Gasteiger partial charge on any atom is -0.396 e. The van der Waals surface area contributed by atoms with Crippen LogP contribution in [0.5, 0.6) is 0 Å². The van der Waals surface area contributed by atoms with Gasteiger partial charge in [-0.3, -0.25) is 9.69 Å². The number of aryl methyl sites for hydroxylation is 1. The zero-order valence-electron chi connectivity index (χ0n) is 13.8. The van der Waals surface area contributed by atoms with Crippen molar-refractivity contribution in [1.82, 2.24) is 15.2 Å². The number of amides is 1. The van der Waals surface area contributed by atoms with Crippen LogP contribution in [-0.4, -0.2) is 46.6 Å². The van der Waals surface area contributed by atoms with Gasteiger partial charge < -0.3 is 10.4 Å². The molecule has 5 nitrogen and oxygen atoms in total. The number of nitrogens with one attached hydrogen (secondary N) is 1. The van der Waals surface area contributed by atoms with Gasteiger partial charge in [-0.1, -0.05) is 30.3 Å². The molecule has 3 rings (SSSR count). The third-order valence-corrected chi connectivity index (χ3v) is 5.52. The summed E-state index contributed by atoms with van der Waals surface area (Å²) in [4.78, 5) is 19.6. The minimum absolute atomic E-state index is 0.0403. The van der Waals surface area contributed by atoms with Crippen molar-refractivity contribution in [1.29, 1.82) is 0 Å². The van der Waals surface area contributed by atoms with Crippen LogP contribution in [0.3, 0.4) is 0 Å². The predicted molar refractivity (Wildman–Crippen MR) is 95.0 cm³/mol. The number of carbonyl (C=O) groups is 1. The highest BCUT2D eigenvalue weighted by molar-refractivity contribution is 7.11. The molecule has 2 atom stereocenters. The normalized spacial score (nSPS) is 21.6. The van der Waals surface area contributed by atoms with Crippen molar-refractivity contribution in [2.75, 3.05) is 19.7 Å². The Labute approximate surface area is 146 Å². The predicted octanol–water partition coefficient (Wildman–Crippen LogP) is 2.06. The van der Waals surface area contributed by atoms with Crippen LogP contribution < -0.4 is 5.32 Å². The number of rotatable bonds is 5. The Bertz CT molecular complexity index is 674. The number of nitrogens with zero attached hydrogens (tertiary/aromatic N) is 2. The van der Waals surface area contributed by atoms with Crippen LogP contribution in [0.4, 0.5) is 0 Å². The maximum absolute atomic E-state index is 12.5. The smallest absolute Gasteiger partial charge is 0.263 e. The number of benzene rings is 1. The lowest BCUT2D eigenvalue weighted by molar-refractivity contribution is 0.0733. The van der Waals surface area contributed by atoms with E-state index in [1.165, 1.54) is 16.9 Å². The summed E-state index contributed by atoms with van der Waals surface area (Å²) >= 11 is 1.36. The molecule has 2 heterocycles. The summed E-state index contributed by atoms with van der Waals surface area (Å²) in [5.74, 6) is 0.0224. The first kappa shape index (κ1) is 17.1. The van der Waals surface area contributed by atoms with E-state index in [0.29, 0.717) is 4.88 Å². The molecule has 24 heavy (non-hydrogen) atoms. The maximum Gasteiger partial charge on any atom is 0.263 e. The second kappa shape index (κ2) is 7.88. The number of thiazole rings is 1. The Morgan fingerprint density at radius 2 is 2.21 bits per heavy atom. The number of likely N-dealkylation sites (tertiary alicyclic amines) is 1. The number of hydrogen-bond acceptors (Lipinski definition) is 5. The average molecular weight is 345 g/mol. The summed E-state index contributed by atoms with van der Waals surface area (Å²) in [6, 6.07) is 10.3. The Hall–Kier alpha value is -1.76. The van der Waals surface area contributed by atoms with Gasteiger partial charge in [-0.25, -0.2) is 4.98 Å². The van der Waals surface area contributed by atoms with E-state index in [1.54, 1.807) is 5.51 Å². The van der Waals surface area contributed by atoms with Crippen molar-refractivity contribution in [3.8, 4) is 0 Å². The maximum atomic E-state index is 12.5. The Morgan fingerprint density at radius 3 is 2.88 bits per heavy atom. The van der Waals surface area contributed by atoms with E-state index in [1.807, 2.05) is 25.1 Å². The summed E-state index contributed by atoms with van der Waals surface area (Å²) in [5, 5.41) is 12.8. The molecule has 0 radical (unpaired) electrons. The Kier molecular flexibility index (Phi) is 5.60. The quantitative estimate of drug-likeness (QED) is 0.871. The molecule has 128 valence electrons. The fourth-order valence-electron chi connectivity index (χ4n) is 3.19. The standard InChI is InChI=1S/C18H23N3O2S/c1-13-17(24-12-19-13)18(23)20-16-10-21(8-7-15(16)11-22)9-14-5-3-2-4-6-14/h2-6,12,15-16,22H,7-11H2,1H3,(H,20,23)/t15-,16-/m0/s1. The van der Waals surface area contributed by atoms with Crippen LogP contribution in [0, 0.1) is 12.8 Å². The van der Waals surface area contributed by atoms with Crippen LogP contribution in [0.1, 0.15) is 27.3 Å². The number of hydrogen-bond donors (Lipinski definition) is 2. The molecule has 0 spiro atoms. The molecule has 1 aromatic carbocycles. The van der Waals surface area contributed by atoms with Gasteiger partial charge in [0, 0.05) is 31.7 Å². The number of aromatic nitrogens is 1. The molecule has 1 aliphatic heterocycles. The molecule has 1 saturated heterocycles. The van der Waals surface area contributed by atoms with E-state index in [2.05, 4.69) is 27.3 Å². The van der Waals surface area contributed by atoms with Crippen LogP contribution in [-0.2, 0) is 6.54 Å². The molecule has 0 saturated carbocycles. The van der Waals surface area contributed by atoms with Crippen molar-refractivity contribution in [3.63, 3.8) is 0 Å². The molecule has 2 aromatic rings. The van der Waals surface area contributed by atoms with E-state index in [0.717, 1.165) is 31.7 Å². The Morgan fingerprint density at radius 1 is 1.42 bits per heavy atom. The summed E-state index contributed by atoms with van der Waals surface area (Å²) in [6.45, 7) is 4.50. The number of aliphatic hydroxyl groups excluding tert-OH is 1. The summed E-state index contributed by atoms with van der Waals surface area (Å²) in [5.41, 5.74) is 3.72. The van der Waals surface area contributed by atoms with Crippen molar-refractivity contribution >= 4 is 17.2 Å². The van der Waals surface area contributed by atoms with Gasteiger partial charge in [0.25, 0.3) is 5.91 Å². The monoisotopic (exact) mass is 345 g/mol. The molecule has 1 aromatic heterocycles. The van der Waals surface area contributed by atoms with Gasteiger partial charge in [-0.05, 0) is 25.5 Å². The molecular formula is C18H23N3O2S. The third-order valence-electron chi connectivity index (χ3n) is 4.59. The van der Waals surface area contributed by atoms with Crippen molar-refractivity contribution in [3.05, 3.63) is 52.0 Å². The fraction of sp³-hybridized carbons (Fsp3) is 0.444. The average Bonchev–Trinajstić information content (AvgIpc) is 3.02. The van der Waals surface area contributed by atoms with E-state index < -0.39 is 0 Å². The third kappa shape index (κ3) is 4.01. The zero-order chi connectivity index (χ0) is 16.9. The van der Waals surface area contributed by atoms with Crippen molar-refractivity contribution in [2.24, 2.45) is 5.92 Å². The van der Waals surface area contributed by atoms with E-state index >= 15 is 0 Å². The minimum atomic E-state index is -0.0833. The molecule has 1 amide bonds. The zero-order valence-corrected chi connectivity index (χ0v) is 14.6.